The highest BCUT2D eigenvalue weighted by Crippen LogP contribution is 2.24. The number of ketones is 1. The molecule has 4 heterocycles. The van der Waals surface area contributed by atoms with Gasteiger partial charge in [-0.2, -0.15) is 0 Å². The Bertz CT molecular complexity index is 1310. The maximum absolute atomic E-state index is 12.8. The van der Waals surface area contributed by atoms with Crippen LogP contribution >= 0.6 is 0 Å². The molecule has 5 rings (SSSR count). The largest absolute Gasteiger partial charge is 0.448 e. The first-order chi connectivity index (χ1) is 14.1. The second-order valence-corrected chi connectivity index (χ2v) is 7.18. The van der Waals surface area contributed by atoms with Crippen molar-refractivity contribution in [1.82, 2.24) is 19.4 Å². The molecule has 0 radical (unpaired) electrons. The summed E-state index contributed by atoms with van der Waals surface area (Å²) in [7, 11) is 0. The first-order valence-electron chi connectivity index (χ1n) is 9.49. The van der Waals surface area contributed by atoms with E-state index in [1.54, 1.807) is 17.0 Å². The maximum Gasteiger partial charge on any atom is 0.297 e. The molecule has 29 heavy (non-hydrogen) atoms. The number of carbonyl (C=O) groups is 2. The molecule has 4 aromatic rings. The van der Waals surface area contributed by atoms with E-state index in [1.165, 1.54) is 17.1 Å². The van der Waals surface area contributed by atoms with Crippen LogP contribution in [0.2, 0.25) is 0 Å². The number of amides is 1. The lowest BCUT2D eigenvalue weighted by atomic mass is 10.2. The summed E-state index contributed by atoms with van der Waals surface area (Å²) in [5, 5.41) is 0.758. The molecule has 1 saturated heterocycles. The van der Waals surface area contributed by atoms with Gasteiger partial charge in [-0.3, -0.25) is 19.0 Å². The molecule has 0 aliphatic carbocycles. The summed E-state index contributed by atoms with van der Waals surface area (Å²) < 4.78 is 6.86. The van der Waals surface area contributed by atoms with Gasteiger partial charge in [0.15, 0.2) is 5.78 Å². The third kappa shape index (κ3) is 2.93. The number of benzene rings is 1. The quantitative estimate of drug-likeness (QED) is 0.540. The maximum atomic E-state index is 12.8. The van der Waals surface area contributed by atoms with Gasteiger partial charge in [-0.05, 0) is 31.0 Å². The Hall–Kier alpha value is -3.68. The molecule has 146 valence electrons. The van der Waals surface area contributed by atoms with Crippen molar-refractivity contribution < 1.29 is 14.0 Å². The van der Waals surface area contributed by atoms with E-state index >= 15 is 0 Å². The third-order valence-electron chi connectivity index (χ3n) is 5.29. The summed E-state index contributed by atoms with van der Waals surface area (Å²) in [5.74, 6) is -0.398. The smallest absolute Gasteiger partial charge is 0.297 e. The van der Waals surface area contributed by atoms with Crippen LogP contribution in [0.3, 0.4) is 0 Å². The van der Waals surface area contributed by atoms with E-state index in [-0.39, 0.29) is 23.8 Å². The number of hydrogen-bond acceptors (Lipinski definition) is 5. The fraction of sp³-hybridized carbons (Fsp3) is 0.238. The number of aromatic nitrogens is 3. The van der Waals surface area contributed by atoms with E-state index in [0.29, 0.717) is 22.4 Å². The summed E-state index contributed by atoms with van der Waals surface area (Å²) >= 11 is 0. The molecular formula is C21H18N4O4. The van der Waals surface area contributed by atoms with Gasteiger partial charge in [0, 0.05) is 30.2 Å². The van der Waals surface area contributed by atoms with Crippen LogP contribution in [0.5, 0.6) is 0 Å². The van der Waals surface area contributed by atoms with Gasteiger partial charge in [0.25, 0.3) is 11.5 Å². The minimum atomic E-state index is -0.413. The Balaban J connectivity index is 1.41. The molecule has 1 fully saturated rings. The zero-order valence-electron chi connectivity index (χ0n) is 15.6. The van der Waals surface area contributed by atoms with Crippen LogP contribution < -0.4 is 5.56 Å². The van der Waals surface area contributed by atoms with E-state index in [0.717, 1.165) is 31.3 Å². The van der Waals surface area contributed by atoms with Crippen molar-refractivity contribution in [3.05, 3.63) is 64.5 Å². The van der Waals surface area contributed by atoms with Gasteiger partial charge in [-0.15, -0.1) is 0 Å². The second-order valence-electron chi connectivity index (χ2n) is 7.18. The SMILES string of the molecule is O=C(Cn1cnc2c(oc3ccccc32)c1=O)c1c[nH]c(C(=O)N2CCCC2)c1. The molecule has 1 aliphatic rings. The third-order valence-corrected chi connectivity index (χ3v) is 5.29. The lowest BCUT2D eigenvalue weighted by Crippen LogP contribution is -2.27. The fourth-order valence-corrected chi connectivity index (χ4v) is 3.74. The van der Waals surface area contributed by atoms with E-state index in [4.69, 9.17) is 4.42 Å². The Labute approximate surface area is 164 Å². The van der Waals surface area contributed by atoms with Crippen LogP contribution in [-0.2, 0) is 6.54 Å². The van der Waals surface area contributed by atoms with Crippen LogP contribution in [0.15, 0.2) is 52.1 Å². The minimum Gasteiger partial charge on any atom is -0.448 e. The first-order valence-corrected chi connectivity index (χ1v) is 9.49. The molecule has 0 atom stereocenters. The summed E-state index contributed by atoms with van der Waals surface area (Å²) in [4.78, 5) is 46.8. The Morgan fingerprint density at radius 1 is 1.17 bits per heavy atom. The van der Waals surface area contributed by atoms with Crippen LogP contribution in [0.25, 0.3) is 22.1 Å². The Kier molecular flexibility index (Phi) is 4.04. The zero-order chi connectivity index (χ0) is 20.0. The molecule has 0 unspecified atom stereocenters. The van der Waals surface area contributed by atoms with Gasteiger partial charge >= 0.3 is 0 Å². The highest BCUT2D eigenvalue weighted by atomic mass is 16.3. The standard InChI is InChI=1S/C21H18N4O4/c26-16(13-9-15(22-10-13)20(27)24-7-3-4-8-24)11-25-12-23-18-14-5-1-2-6-17(14)29-19(18)21(25)28/h1-2,5-6,9-10,12,22H,3-4,7-8,11H2. The number of furan rings is 1. The number of nitrogens with zero attached hydrogens (tertiary/aromatic N) is 3. The van der Waals surface area contributed by atoms with Crippen molar-refractivity contribution in [2.24, 2.45) is 0 Å². The number of aromatic amines is 1. The molecule has 3 aromatic heterocycles. The zero-order valence-corrected chi connectivity index (χ0v) is 15.6. The van der Waals surface area contributed by atoms with Gasteiger partial charge < -0.3 is 14.3 Å². The van der Waals surface area contributed by atoms with Gasteiger partial charge in [-0.25, -0.2) is 4.98 Å². The van der Waals surface area contributed by atoms with Gasteiger partial charge in [0.05, 0.1) is 12.9 Å². The number of likely N-dealkylation sites (tertiary alicyclic amines) is 1. The number of rotatable bonds is 4. The van der Waals surface area contributed by atoms with E-state index < -0.39 is 5.56 Å². The first kappa shape index (κ1) is 17.4. The number of H-pyrrole nitrogens is 1. The predicted molar refractivity (Wildman–Crippen MR) is 106 cm³/mol. The van der Waals surface area contributed by atoms with Crippen LogP contribution in [0.4, 0.5) is 0 Å². The molecule has 8 nitrogen and oxygen atoms in total. The van der Waals surface area contributed by atoms with E-state index in [2.05, 4.69) is 9.97 Å². The Morgan fingerprint density at radius 2 is 1.97 bits per heavy atom. The molecule has 0 bridgehead atoms. The second kappa shape index (κ2) is 6.73. The van der Waals surface area contributed by atoms with Crippen LogP contribution in [-0.4, -0.2) is 44.2 Å². The van der Waals surface area contributed by atoms with Gasteiger partial charge in [0.1, 0.15) is 16.8 Å². The fourth-order valence-electron chi connectivity index (χ4n) is 3.74. The van der Waals surface area contributed by atoms with Crippen molar-refractivity contribution in [3.63, 3.8) is 0 Å². The summed E-state index contributed by atoms with van der Waals surface area (Å²) in [6.45, 7) is 1.29. The number of hydrogen-bond donors (Lipinski definition) is 1. The minimum absolute atomic E-state index is 0.107. The summed E-state index contributed by atoms with van der Waals surface area (Å²) in [5.41, 5.74) is 1.50. The van der Waals surface area contributed by atoms with E-state index in [9.17, 15) is 14.4 Å². The average Bonchev–Trinajstić information content (AvgIpc) is 3.49. The van der Waals surface area contributed by atoms with Crippen molar-refractivity contribution in [1.29, 1.82) is 0 Å². The molecule has 8 heteroatoms. The highest BCUT2D eigenvalue weighted by molar-refractivity contribution is 6.02. The number of fused-ring (bicyclic) bond motifs is 3. The van der Waals surface area contributed by atoms with Crippen molar-refractivity contribution in [3.8, 4) is 0 Å². The molecule has 1 amide bonds. The topological polar surface area (TPSA) is 101 Å². The molecule has 1 aromatic carbocycles. The molecular weight excluding hydrogens is 372 g/mol. The summed E-state index contributed by atoms with van der Waals surface area (Å²) in [6.07, 6.45) is 4.86. The molecule has 0 saturated carbocycles. The monoisotopic (exact) mass is 390 g/mol. The lowest BCUT2D eigenvalue weighted by molar-refractivity contribution is 0.0787. The van der Waals surface area contributed by atoms with E-state index in [1.807, 2.05) is 18.2 Å². The van der Waals surface area contributed by atoms with Crippen molar-refractivity contribution in [2.45, 2.75) is 19.4 Å². The summed E-state index contributed by atoms with van der Waals surface area (Å²) in [6, 6.07) is 8.81. The normalized spacial score (nSPS) is 14.1. The Morgan fingerprint density at radius 3 is 2.79 bits per heavy atom. The predicted octanol–water partition coefficient (Wildman–Crippen LogP) is 2.59. The number of Topliss-reactive ketones (excluding diaryl/α,β-unsaturated/α-hetero) is 1. The highest BCUT2D eigenvalue weighted by Gasteiger charge is 2.22. The van der Waals surface area contributed by atoms with Gasteiger partial charge in [-0.1, -0.05) is 12.1 Å². The van der Waals surface area contributed by atoms with Crippen LogP contribution in [0.1, 0.15) is 33.7 Å². The number of nitrogens with one attached hydrogen (secondary N) is 1. The van der Waals surface area contributed by atoms with Crippen molar-refractivity contribution >= 4 is 33.8 Å². The average molecular weight is 390 g/mol. The lowest BCUT2D eigenvalue weighted by Gasteiger charge is -2.13. The molecule has 1 aliphatic heterocycles. The van der Waals surface area contributed by atoms with Gasteiger partial charge in [0.2, 0.25) is 5.58 Å². The number of carbonyl (C=O) groups excluding carboxylic acids is 2. The molecule has 0 spiro atoms. The number of para-hydroxylation sites is 1. The molecule has 1 N–H and O–H groups in total. The van der Waals surface area contributed by atoms with Crippen molar-refractivity contribution in [2.75, 3.05) is 13.1 Å². The van der Waals surface area contributed by atoms with Crippen LogP contribution in [0, 0.1) is 0 Å².